The van der Waals surface area contributed by atoms with Gasteiger partial charge in [-0.1, -0.05) is 18.2 Å². The van der Waals surface area contributed by atoms with Gasteiger partial charge in [-0.2, -0.15) is 0 Å². The number of nitrogens with zero attached hydrogens (tertiary/aromatic N) is 2. The van der Waals surface area contributed by atoms with Crippen LogP contribution in [0.1, 0.15) is 23.1 Å². The molecule has 26 heavy (non-hydrogen) atoms. The lowest BCUT2D eigenvalue weighted by atomic mass is 10.1. The van der Waals surface area contributed by atoms with E-state index in [0.717, 1.165) is 32.0 Å². The van der Waals surface area contributed by atoms with E-state index in [1.165, 1.54) is 21.9 Å². The molecule has 5 heteroatoms. The number of hydrogen-bond acceptors (Lipinski definition) is 3. The molecule has 0 saturated carbocycles. The molecule has 0 spiro atoms. The highest BCUT2D eigenvalue weighted by molar-refractivity contribution is 7.11. The topological polar surface area (TPSA) is 39.7 Å². The Morgan fingerprint density at radius 3 is 2.77 bits per heavy atom. The van der Waals surface area contributed by atoms with Crippen LogP contribution in [0.2, 0.25) is 0 Å². The largest absolute Gasteiger partial charge is 0.371 e. The molecule has 1 aliphatic rings. The summed E-state index contributed by atoms with van der Waals surface area (Å²) < 4.78 is 0. The second kappa shape index (κ2) is 9.08. The van der Waals surface area contributed by atoms with Crippen molar-refractivity contribution in [3.8, 4) is 0 Å². The highest BCUT2D eigenvalue weighted by atomic mass is 32.1. The molecule has 2 atom stereocenters. The summed E-state index contributed by atoms with van der Waals surface area (Å²) >= 11 is 1.88. The van der Waals surface area contributed by atoms with Gasteiger partial charge in [0.15, 0.2) is 5.96 Å². The minimum absolute atomic E-state index is 0.364. The van der Waals surface area contributed by atoms with Crippen LogP contribution in [0.15, 0.2) is 47.5 Å². The Labute approximate surface area is 161 Å². The molecule has 2 heterocycles. The van der Waals surface area contributed by atoms with Crippen molar-refractivity contribution in [3.05, 3.63) is 52.2 Å². The van der Waals surface area contributed by atoms with Crippen LogP contribution in [0.4, 0.5) is 5.69 Å². The average molecular weight is 371 g/mol. The molecule has 3 rings (SSSR count). The van der Waals surface area contributed by atoms with Crippen LogP contribution in [-0.4, -0.2) is 38.7 Å². The average Bonchev–Trinajstić information content (AvgIpc) is 3.28. The van der Waals surface area contributed by atoms with Crippen molar-refractivity contribution in [1.82, 2.24) is 10.6 Å². The number of anilines is 1. The van der Waals surface area contributed by atoms with Gasteiger partial charge in [-0.25, -0.2) is 0 Å². The molecule has 2 aromatic rings. The molecule has 2 unspecified atom stereocenters. The summed E-state index contributed by atoms with van der Waals surface area (Å²) in [6.07, 6.45) is 2.26. The maximum Gasteiger partial charge on any atom is 0.191 e. The number of aliphatic imine (C=N–C) groups is 1. The Kier molecular flexibility index (Phi) is 6.56. The van der Waals surface area contributed by atoms with Crippen LogP contribution in [-0.2, 0) is 6.42 Å². The predicted molar refractivity (Wildman–Crippen MR) is 113 cm³/mol. The van der Waals surface area contributed by atoms with Crippen LogP contribution in [0.5, 0.6) is 0 Å². The molecular formula is C21H30N4S. The van der Waals surface area contributed by atoms with Gasteiger partial charge in [-0.05, 0) is 50.5 Å². The summed E-state index contributed by atoms with van der Waals surface area (Å²) in [5.41, 5.74) is 1.33. The molecule has 1 aliphatic heterocycles. The van der Waals surface area contributed by atoms with Gasteiger partial charge >= 0.3 is 0 Å². The number of para-hydroxylation sites is 1. The molecule has 0 aliphatic carbocycles. The zero-order chi connectivity index (χ0) is 18.4. The summed E-state index contributed by atoms with van der Waals surface area (Å²) in [5.74, 6) is 1.56. The fourth-order valence-electron chi connectivity index (χ4n) is 3.49. The fourth-order valence-corrected chi connectivity index (χ4v) is 4.51. The third-order valence-electron chi connectivity index (χ3n) is 4.88. The van der Waals surface area contributed by atoms with Crippen LogP contribution in [0, 0.1) is 12.8 Å². The van der Waals surface area contributed by atoms with Gasteiger partial charge in [-0.3, -0.25) is 4.99 Å². The maximum absolute atomic E-state index is 4.40. The normalized spacial score (nSPS) is 18.8. The number of thiophene rings is 1. The fraction of sp³-hybridized carbons (Fsp3) is 0.476. The Balaban J connectivity index is 1.43. The molecule has 1 fully saturated rings. The Morgan fingerprint density at radius 1 is 1.27 bits per heavy atom. The third kappa shape index (κ3) is 5.24. The molecule has 0 bridgehead atoms. The van der Waals surface area contributed by atoms with Crippen molar-refractivity contribution in [2.75, 3.05) is 31.6 Å². The summed E-state index contributed by atoms with van der Waals surface area (Å²) in [6.45, 7) is 7.59. The lowest BCUT2D eigenvalue weighted by Crippen LogP contribution is -2.44. The molecule has 1 saturated heterocycles. The summed E-state index contributed by atoms with van der Waals surface area (Å²) in [5, 5.41) is 7.04. The van der Waals surface area contributed by atoms with Gasteiger partial charge in [-0.15, -0.1) is 11.3 Å². The molecule has 4 nitrogen and oxygen atoms in total. The second-order valence-corrected chi connectivity index (χ2v) is 8.52. The second-order valence-electron chi connectivity index (χ2n) is 7.15. The van der Waals surface area contributed by atoms with Gasteiger partial charge in [0.25, 0.3) is 0 Å². The van der Waals surface area contributed by atoms with Gasteiger partial charge < -0.3 is 15.5 Å². The first-order chi connectivity index (χ1) is 12.6. The number of rotatable bonds is 6. The van der Waals surface area contributed by atoms with Crippen molar-refractivity contribution >= 4 is 23.0 Å². The van der Waals surface area contributed by atoms with E-state index in [0.29, 0.717) is 12.0 Å². The zero-order valence-corrected chi connectivity index (χ0v) is 16.9. The minimum Gasteiger partial charge on any atom is -0.371 e. The Hall–Kier alpha value is -2.01. The molecule has 0 radical (unpaired) electrons. The van der Waals surface area contributed by atoms with E-state index in [4.69, 9.17) is 0 Å². The number of benzene rings is 1. The van der Waals surface area contributed by atoms with E-state index in [1.54, 1.807) is 0 Å². The van der Waals surface area contributed by atoms with Crippen LogP contribution in [0.3, 0.4) is 0 Å². The quantitative estimate of drug-likeness (QED) is 0.602. The summed E-state index contributed by atoms with van der Waals surface area (Å²) in [4.78, 5) is 9.67. The van der Waals surface area contributed by atoms with E-state index < -0.39 is 0 Å². The van der Waals surface area contributed by atoms with Gasteiger partial charge in [0.2, 0.25) is 0 Å². The van der Waals surface area contributed by atoms with E-state index in [2.05, 4.69) is 76.8 Å². The first-order valence-electron chi connectivity index (χ1n) is 9.46. The van der Waals surface area contributed by atoms with E-state index >= 15 is 0 Å². The van der Waals surface area contributed by atoms with Crippen molar-refractivity contribution in [3.63, 3.8) is 0 Å². The minimum atomic E-state index is 0.364. The maximum atomic E-state index is 4.40. The number of hydrogen-bond donors (Lipinski definition) is 2. The van der Waals surface area contributed by atoms with E-state index in [1.807, 2.05) is 18.4 Å². The number of guanidine groups is 1. The Bertz CT molecular complexity index is 710. The van der Waals surface area contributed by atoms with Gasteiger partial charge in [0, 0.05) is 54.6 Å². The molecule has 1 aromatic heterocycles. The lowest BCUT2D eigenvalue weighted by Gasteiger charge is -2.20. The SMILES string of the molecule is CN=C(NCC1CCN(c2ccccc2)C1)NC(C)Cc1ccc(C)s1. The van der Waals surface area contributed by atoms with Crippen LogP contribution in [0.25, 0.3) is 0 Å². The first kappa shape index (κ1) is 18.8. The van der Waals surface area contributed by atoms with E-state index in [9.17, 15) is 0 Å². The molecular weight excluding hydrogens is 340 g/mol. The number of nitrogens with one attached hydrogen (secondary N) is 2. The standard InChI is InChI=1S/C21H30N4S/c1-16(13-20-10-9-17(2)26-20)24-21(22-3)23-14-18-11-12-25(15-18)19-7-5-4-6-8-19/h4-10,16,18H,11-15H2,1-3H3,(H2,22,23,24). The molecule has 140 valence electrons. The summed E-state index contributed by atoms with van der Waals surface area (Å²) in [6, 6.07) is 15.5. The molecule has 0 amide bonds. The summed E-state index contributed by atoms with van der Waals surface area (Å²) in [7, 11) is 1.85. The highest BCUT2D eigenvalue weighted by Gasteiger charge is 2.22. The van der Waals surface area contributed by atoms with Crippen LogP contribution >= 0.6 is 11.3 Å². The van der Waals surface area contributed by atoms with Crippen molar-refractivity contribution in [2.45, 2.75) is 32.7 Å². The van der Waals surface area contributed by atoms with E-state index in [-0.39, 0.29) is 0 Å². The third-order valence-corrected chi connectivity index (χ3v) is 5.90. The van der Waals surface area contributed by atoms with Crippen molar-refractivity contribution in [2.24, 2.45) is 10.9 Å². The smallest absolute Gasteiger partial charge is 0.191 e. The highest BCUT2D eigenvalue weighted by Crippen LogP contribution is 2.23. The van der Waals surface area contributed by atoms with Crippen LogP contribution < -0.4 is 15.5 Å². The predicted octanol–water partition coefficient (Wildman–Crippen LogP) is 3.68. The number of aryl methyl sites for hydroxylation is 1. The molecule has 1 aromatic carbocycles. The van der Waals surface area contributed by atoms with Gasteiger partial charge in [0.1, 0.15) is 0 Å². The zero-order valence-electron chi connectivity index (χ0n) is 16.0. The monoisotopic (exact) mass is 370 g/mol. The van der Waals surface area contributed by atoms with Crippen molar-refractivity contribution in [1.29, 1.82) is 0 Å². The van der Waals surface area contributed by atoms with Crippen molar-refractivity contribution < 1.29 is 0 Å². The first-order valence-corrected chi connectivity index (χ1v) is 10.3. The van der Waals surface area contributed by atoms with Gasteiger partial charge in [0.05, 0.1) is 0 Å². The Morgan fingerprint density at radius 2 is 2.08 bits per heavy atom. The lowest BCUT2D eigenvalue weighted by molar-refractivity contribution is 0.557. The molecule has 2 N–H and O–H groups in total.